The number of amides is 1. The first-order chi connectivity index (χ1) is 7.72. The summed E-state index contributed by atoms with van der Waals surface area (Å²) in [5, 5.41) is 2.70. The topological polar surface area (TPSA) is 29.5 Å². The van der Waals surface area contributed by atoms with E-state index < -0.39 is 0 Å². The lowest BCUT2D eigenvalue weighted by atomic mass is 10.2. The Kier molecular flexibility index (Phi) is 4.00. The molecule has 0 aliphatic carbocycles. The molecule has 1 aromatic heterocycles. The van der Waals surface area contributed by atoms with E-state index in [9.17, 15) is 4.79 Å². The van der Waals surface area contributed by atoms with Crippen molar-refractivity contribution in [2.24, 2.45) is 0 Å². The lowest BCUT2D eigenvalue weighted by molar-refractivity contribution is -0.0359. The van der Waals surface area contributed by atoms with Crippen LogP contribution in [0.5, 0.6) is 0 Å². The molecule has 0 N–H and O–H groups in total. The Morgan fingerprint density at radius 1 is 1.75 bits per heavy atom. The molecule has 2 rings (SSSR count). The summed E-state index contributed by atoms with van der Waals surface area (Å²) in [5.74, 6) is 0.122. The molecule has 0 radical (unpaired) electrons. The molecule has 1 aliphatic rings. The van der Waals surface area contributed by atoms with Crippen LogP contribution in [0.4, 0.5) is 0 Å². The Morgan fingerprint density at radius 2 is 2.56 bits per heavy atom. The highest BCUT2D eigenvalue weighted by Gasteiger charge is 2.29. The fourth-order valence-electron chi connectivity index (χ4n) is 1.74. The standard InChI is InChI=1S/C11H14BrNO2S/c1-8-7-15-9(5-12)6-13(8)11(14)10-3-2-4-16-10/h2-4,8-9H,5-7H2,1H3. The fraction of sp³-hybridized carbons (Fsp3) is 0.545. The zero-order valence-corrected chi connectivity index (χ0v) is 11.5. The van der Waals surface area contributed by atoms with Crippen molar-refractivity contribution in [3.8, 4) is 0 Å². The predicted molar refractivity (Wildman–Crippen MR) is 68.4 cm³/mol. The molecule has 0 saturated carbocycles. The van der Waals surface area contributed by atoms with Gasteiger partial charge in [0.15, 0.2) is 0 Å². The Morgan fingerprint density at radius 3 is 3.19 bits per heavy atom. The Bertz CT molecular complexity index is 355. The second-order valence-electron chi connectivity index (χ2n) is 3.89. The van der Waals surface area contributed by atoms with Crippen molar-refractivity contribution in [2.75, 3.05) is 18.5 Å². The SMILES string of the molecule is CC1COC(CBr)CN1C(=O)c1cccs1. The largest absolute Gasteiger partial charge is 0.373 e. The molecule has 5 heteroatoms. The maximum Gasteiger partial charge on any atom is 0.264 e. The van der Waals surface area contributed by atoms with Crippen LogP contribution in [-0.4, -0.2) is 41.4 Å². The third-order valence-corrected chi connectivity index (χ3v) is 4.25. The number of carbonyl (C=O) groups excluding carboxylic acids is 1. The van der Waals surface area contributed by atoms with Gasteiger partial charge in [-0.2, -0.15) is 0 Å². The van der Waals surface area contributed by atoms with E-state index in [-0.39, 0.29) is 18.1 Å². The molecular weight excluding hydrogens is 290 g/mol. The van der Waals surface area contributed by atoms with Gasteiger partial charge in [-0.3, -0.25) is 4.79 Å². The van der Waals surface area contributed by atoms with Crippen LogP contribution in [0.3, 0.4) is 0 Å². The summed E-state index contributed by atoms with van der Waals surface area (Å²) in [6.07, 6.45) is 0.111. The predicted octanol–water partition coefficient (Wildman–Crippen LogP) is 2.37. The zero-order chi connectivity index (χ0) is 11.5. The number of hydrogen-bond acceptors (Lipinski definition) is 3. The van der Waals surface area contributed by atoms with Crippen LogP contribution in [-0.2, 0) is 4.74 Å². The summed E-state index contributed by atoms with van der Waals surface area (Å²) < 4.78 is 5.60. The molecule has 1 aromatic rings. The normalized spacial score (nSPS) is 25.8. The minimum Gasteiger partial charge on any atom is -0.373 e. The molecule has 1 aliphatic heterocycles. The Hall–Kier alpha value is -0.390. The summed E-state index contributed by atoms with van der Waals surface area (Å²) in [6.45, 7) is 3.31. The third-order valence-electron chi connectivity index (χ3n) is 2.67. The van der Waals surface area contributed by atoms with Crippen molar-refractivity contribution in [1.82, 2.24) is 4.90 Å². The molecular formula is C11H14BrNO2S. The van der Waals surface area contributed by atoms with Crippen LogP contribution in [0.25, 0.3) is 0 Å². The number of ether oxygens (including phenoxy) is 1. The highest BCUT2D eigenvalue weighted by atomic mass is 79.9. The van der Waals surface area contributed by atoms with E-state index in [1.807, 2.05) is 29.3 Å². The molecule has 1 saturated heterocycles. The summed E-state index contributed by atoms with van der Waals surface area (Å²) in [4.78, 5) is 14.9. The van der Waals surface area contributed by atoms with E-state index in [4.69, 9.17) is 4.74 Å². The van der Waals surface area contributed by atoms with E-state index in [1.165, 1.54) is 11.3 Å². The molecule has 1 amide bonds. The number of thiophene rings is 1. The van der Waals surface area contributed by atoms with Gasteiger partial charge in [-0.15, -0.1) is 11.3 Å². The lowest BCUT2D eigenvalue weighted by Gasteiger charge is -2.37. The van der Waals surface area contributed by atoms with Gasteiger partial charge in [-0.25, -0.2) is 0 Å². The molecule has 0 spiro atoms. The van der Waals surface area contributed by atoms with E-state index in [0.29, 0.717) is 13.2 Å². The van der Waals surface area contributed by atoms with Gasteiger partial charge in [0.05, 0.1) is 23.6 Å². The highest BCUT2D eigenvalue weighted by Crippen LogP contribution is 2.19. The van der Waals surface area contributed by atoms with Crippen LogP contribution in [0.2, 0.25) is 0 Å². The maximum absolute atomic E-state index is 12.2. The van der Waals surface area contributed by atoms with Crippen molar-refractivity contribution in [3.05, 3.63) is 22.4 Å². The summed E-state index contributed by atoms with van der Waals surface area (Å²) >= 11 is 4.89. The Balaban J connectivity index is 2.09. The van der Waals surface area contributed by atoms with E-state index in [2.05, 4.69) is 15.9 Å². The van der Waals surface area contributed by atoms with Gasteiger partial charge in [0.1, 0.15) is 0 Å². The molecule has 0 aromatic carbocycles. The summed E-state index contributed by atoms with van der Waals surface area (Å²) in [6, 6.07) is 3.94. The first-order valence-electron chi connectivity index (χ1n) is 5.24. The average Bonchev–Trinajstić information content (AvgIpc) is 2.82. The second kappa shape index (κ2) is 5.29. The average molecular weight is 304 g/mol. The van der Waals surface area contributed by atoms with Crippen LogP contribution in [0.15, 0.2) is 17.5 Å². The fourth-order valence-corrected chi connectivity index (χ4v) is 2.81. The molecule has 16 heavy (non-hydrogen) atoms. The first-order valence-corrected chi connectivity index (χ1v) is 7.24. The van der Waals surface area contributed by atoms with Gasteiger partial charge < -0.3 is 9.64 Å². The van der Waals surface area contributed by atoms with Crippen LogP contribution < -0.4 is 0 Å². The number of rotatable bonds is 2. The van der Waals surface area contributed by atoms with Gasteiger partial charge in [-0.05, 0) is 18.4 Å². The van der Waals surface area contributed by atoms with E-state index in [0.717, 1.165) is 10.2 Å². The minimum absolute atomic E-state index is 0.111. The number of alkyl halides is 1. The zero-order valence-electron chi connectivity index (χ0n) is 9.06. The highest BCUT2D eigenvalue weighted by molar-refractivity contribution is 9.09. The molecule has 2 unspecified atom stereocenters. The van der Waals surface area contributed by atoms with Crippen molar-refractivity contribution >= 4 is 33.2 Å². The van der Waals surface area contributed by atoms with E-state index in [1.54, 1.807) is 0 Å². The van der Waals surface area contributed by atoms with Gasteiger partial charge >= 0.3 is 0 Å². The van der Waals surface area contributed by atoms with Crippen LogP contribution in [0.1, 0.15) is 16.6 Å². The van der Waals surface area contributed by atoms with Gasteiger partial charge in [0.2, 0.25) is 0 Å². The minimum atomic E-state index is 0.111. The van der Waals surface area contributed by atoms with Crippen LogP contribution >= 0.6 is 27.3 Å². The molecule has 88 valence electrons. The van der Waals surface area contributed by atoms with Crippen molar-refractivity contribution in [1.29, 1.82) is 0 Å². The van der Waals surface area contributed by atoms with Gasteiger partial charge in [-0.1, -0.05) is 22.0 Å². The second-order valence-corrected chi connectivity index (χ2v) is 5.49. The van der Waals surface area contributed by atoms with Gasteiger partial charge in [0.25, 0.3) is 5.91 Å². The van der Waals surface area contributed by atoms with Crippen LogP contribution in [0, 0.1) is 0 Å². The molecule has 0 bridgehead atoms. The smallest absolute Gasteiger partial charge is 0.264 e. The first kappa shape index (κ1) is 12.1. The number of nitrogens with zero attached hydrogens (tertiary/aromatic N) is 1. The number of morpholine rings is 1. The number of carbonyl (C=O) groups is 1. The molecule has 3 nitrogen and oxygen atoms in total. The quantitative estimate of drug-likeness (QED) is 0.785. The number of halogens is 1. The molecule has 2 heterocycles. The summed E-state index contributed by atoms with van der Waals surface area (Å²) in [7, 11) is 0. The van der Waals surface area contributed by atoms with Crippen molar-refractivity contribution in [2.45, 2.75) is 19.1 Å². The number of hydrogen-bond donors (Lipinski definition) is 0. The Labute approximate surface area is 108 Å². The molecule has 2 atom stereocenters. The van der Waals surface area contributed by atoms with Crippen molar-refractivity contribution < 1.29 is 9.53 Å². The van der Waals surface area contributed by atoms with Crippen molar-refractivity contribution in [3.63, 3.8) is 0 Å². The molecule has 1 fully saturated rings. The summed E-state index contributed by atoms with van der Waals surface area (Å²) in [5.41, 5.74) is 0. The monoisotopic (exact) mass is 303 g/mol. The lowest BCUT2D eigenvalue weighted by Crippen LogP contribution is -2.51. The van der Waals surface area contributed by atoms with Gasteiger partial charge in [0, 0.05) is 11.9 Å². The van der Waals surface area contributed by atoms with E-state index >= 15 is 0 Å². The maximum atomic E-state index is 12.2. The third kappa shape index (κ3) is 2.47.